The minimum Gasteiger partial charge on any atom is -0.344 e. The van der Waals surface area contributed by atoms with Gasteiger partial charge in [0.25, 0.3) is 5.91 Å². The number of hydrogen-bond donors (Lipinski definition) is 1. The molecular weight excluding hydrogens is 532 g/mol. The topological polar surface area (TPSA) is 46.9 Å². The molecule has 1 atom stereocenters. The van der Waals surface area contributed by atoms with Gasteiger partial charge in [-0.2, -0.15) is 5.10 Å². The molecule has 0 saturated carbocycles. The second-order valence-corrected chi connectivity index (χ2v) is 11.1. The zero-order valence-electron chi connectivity index (χ0n) is 21.4. The highest BCUT2D eigenvalue weighted by Gasteiger charge is 2.30. The van der Waals surface area contributed by atoms with Crippen molar-refractivity contribution in [3.8, 4) is 5.69 Å². The highest BCUT2D eigenvalue weighted by molar-refractivity contribution is 6.35. The van der Waals surface area contributed by atoms with Gasteiger partial charge in [-0.1, -0.05) is 59.6 Å². The molecule has 1 aromatic heterocycles. The number of halogens is 3. The number of amides is 1. The van der Waals surface area contributed by atoms with E-state index in [1.807, 2.05) is 12.1 Å². The van der Waals surface area contributed by atoms with E-state index in [0.29, 0.717) is 21.4 Å². The lowest BCUT2D eigenvalue weighted by atomic mass is 9.87. The van der Waals surface area contributed by atoms with Gasteiger partial charge < -0.3 is 5.32 Å². The van der Waals surface area contributed by atoms with E-state index in [2.05, 4.69) is 29.6 Å². The summed E-state index contributed by atoms with van der Waals surface area (Å²) in [5.41, 5.74) is 7.26. The molecule has 3 aromatic carbocycles. The maximum absolute atomic E-state index is 13.9. The lowest BCUT2D eigenvalue weighted by Gasteiger charge is -2.26. The number of benzene rings is 3. The van der Waals surface area contributed by atoms with Gasteiger partial charge in [0.15, 0.2) is 5.69 Å². The number of aryl methyl sites for hydroxylation is 1. The number of aromatic nitrogens is 2. The molecule has 1 heterocycles. The van der Waals surface area contributed by atoms with Gasteiger partial charge in [-0.3, -0.25) is 4.79 Å². The van der Waals surface area contributed by atoms with E-state index in [-0.39, 0.29) is 17.8 Å². The molecule has 6 rings (SSSR count). The number of fused-ring (bicyclic) bond motifs is 2. The molecule has 1 N–H and O–H groups in total. The van der Waals surface area contributed by atoms with Crippen LogP contribution in [0.3, 0.4) is 0 Å². The minimum atomic E-state index is -0.278. The predicted molar refractivity (Wildman–Crippen MR) is 155 cm³/mol. The molecule has 0 radical (unpaired) electrons. The van der Waals surface area contributed by atoms with Gasteiger partial charge in [0.2, 0.25) is 0 Å². The van der Waals surface area contributed by atoms with Gasteiger partial charge in [0.05, 0.1) is 22.4 Å². The molecule has 198 valence electrons. The van der Waals surface area contributed by atoms with Gasteiger partial charge in [-0.05, 0) is 104 Å². The van der Waals surface area contributed by atoms with Crippen LogP contribution in [-0.4, -0.2) is 15.7 Å². The summed E-state index contributed by atoms with van der Waals surface area (Å²) >= 11 is 12.9. The number of hydrogen-bond acceptors (Lipinski definition) is 2. The summed E-state index contributed by atoms with van der Waals surface area (Å²) in [6.45, 7) is 0. The van der Waals surface area contributed by atoms with Crippen LogP contribution in [0.25, 0.3) is 17.3 Å². The van der Waals surface area contributed by atoms with Crippen molar-refractivity contribution in [1.82, 2.24) is 15.1 Å². The van der Waals surface area contributed by atoms with Gasteiger partial charge in [0, 0.05) is 10.6 Å². The smallest absolute Gasteiger partial charge is 0.272 e. The Morgan fingerprint density at radius 2 is 1.77 bits per heavy atom. The van der Waals surface area contributed by atoms with Crippen molar-refractivity contribution < 1.29 is 9.18 Å². The Hall–Kier alpha value is -3.41. The summed E-state index contributed by atoms with van der Waals surface area (Å²) in [7, 11) is 0. The van der Waals surface area contributed by atoms with Crippen molar-refractivity contribution >= 4 is 40.8 Å². The quantitative estimate of drug-likeness (QED) is 0.255. The van der Waals surface area contributed by atoms with Crippen molar-refractivity contribution in [3.63, 3.8) is 0 Å². The third kappa shape index (κ3) is 5.26. The second kappa shape index (κ2) is 11.0. The molecule has 1 unspecified atom stereocenters. The number of allylic oxidation sites excluding steroid dienone is 1. The first-order valence-electron chi connectivity index (χ1n) is 13.4. The van der Waals surface area contributed by atoms with Crippen molar-refractivity contribution in [2.24, 2.45) is 0 Å². The van der Waals surface area contributed by atoms with Crippen LogP contribution in [0.5, 0.6) is 0 Å². The lowest BCUT2D eigenvalue weighted by Crippen LogP contribution is -2.31. The van der Waals surface area contributed by atoms with Crippen molar-refractivity contribution in [2.45, 2.75) is 51.0 Å². The van der Waals surface area contributed by atoms with E-state index in [4.69, 9.17) is 28.3 Å². The fraction of sp³-hybridized carbons (Fsp3) is 0.250. The van der Waals surface area contributed by atoms with E-state index in [9.17, 15) is 9.18 Å². The van der Waals surface area contributed by atoms with Crippen LogP contribution in [0.4, 0.5) is 4.39 Å². The van der Waals surface area contributed by atoms with Gasteiger partial charge >= 0.3 is 0 Å². The van der Waals surface area contributed by atoms with Crippen LogP contribution in [0.1, 0.15) is 76.6 Å². The molecular formula is C32H28Cl2FN3O. The Bertz CT molecular complexity index is 1580. The molecule has 0 aliphatic heterocycles. The van der Waals surface area contributed by atoms with Crippen molar-refractivity contribution in [3.05, 3.63) is 116 Å². The summed E-state index contributed by atoms with van der Waals surface area (Å²) in [5.74, 6) is -0.459. The molecule has 2 aliphatic carbocycles. The van der Waals surface area contributed by atoms with E-state index in [1.165, 1.54) is 23.3 Å². The maximum atomic E-state index is 13.9. The predicted octanol–water partition coefficient (Wildman–Crippen LogP) is 8.39. The van der Waals surface area contributed by atoms with Crippen LogP contribution in [0.15, 0.2) is 66.7 Å². The normalized spacial score (nSPS) is 17.8. The van der Waals surface area contributed by atoms with E-state index in [0.717, 1.165) is 67.3 Å². The Labute approximate surface area is 237 Å². The third-order valence-electron chi connectivity index (χ3n) is 7.65. The van der Waals surface area contributed by atoms with Crippen molar-refractivity contribution in [2.75, 3.05) is 0 Å². The summed E-state index contributed by atoms with van der Waals surface area (Å²) in [6.07, 6.45) is 8.44. The molecule has 4 aromatic rings. The Kier molecular flexibility index (Phi) is 7.28. The minimum absolute atomic E-state index is 0.0534. The molecule has 0 spiro atoms. The largest absolute Gasteiger partial charge is 0.344 e. The first kappa shape index (κ1) is 25.8. The first-order chi connectivity index (χ1) is 19.0. The highest BCUT2D eigenvalue weighted by atomic mass is 35.5. The SMILES string of the molecule is O=C(NC1CCCc2ccccc21)c1nn(-c2ccc(Cl)cc2Cl)c2c1CCCCC2=Cc1ccc(F)cc1. The van der Waals surface area contributed by atoms with Crippen LogP contribution in [0, 0.1) is 5.82 Å². The van der Waals surface area contributed by atoms with Gasteiger partial charge in [0.1, 0.15) is 5.82 Å². The van der Waals surface area contributed by atoms with E-state index < -0.39 is 0 Å². The molecule has 7 heteroatoms. The standard InChI is InChI=1S/C32H28Cl2FN3O/c33-23-14-17-29(27(34)19-23)38-31-22(18-20-12-15-24(35)16-13-20)7-2-4-10-26(31)30(37-38)32(39)36-28-11-5-8-21-6-1-3-9-25(21)28/h1,3,6,9,12-19,28H,2,4-5,7-8,10-11H2,(H,36,39). The molecule has 4 nitrogen and oxygen atoms in total. The fourth-order valence-electron chi connectivity index (χ4n) is 5.79. The zero-order valence-corrected chi connectivity index (χ0v) is 22.9. The zero-order chi connectivity index (χ0) is 26.9. The summed E-state index contributed by atoms with van der Waals surface area (Å²) in [4.78, 5) is 13.9. The molecule has 0 saturated heterocycles. The van der Waals surface area contributed by atoms with Gasteiger partial charge in [-0.25, -0.2) is 9.07 Å². The Morgan fingerprint density at radius 3 is 2.59 bits per heavy atom. The van der Waals surface area contributed by atoms with E-state index in [1.54, 1.807) is 28.9 Å². The summed E-state index contributed by atoms with van der Waals surface area (Å²) in [5, 5.41) is 9.17. The van der Waals surface area contributed by atoms with Crippen LogP contribution >= 0.6 is 23.2 Å². The van der Waals surface area contributed by atoms with Crippen LogP contribution in [-0.2, 0) is 12.8 Å². The molecule has 0 bridgehead atoms. The van der Waals surface area contributed by atoms with Crippen molar-refractivity contribution in [1.29, 1.82) is 0 Å². The van der Waals surface area contributed by atoms with E-state index >= 15 is 0 Å². The Balaban J connectivity index is 1.47. The monoisotopic (exact) mass is 559 g/mol. The summed E-state index contributed by atoms with van der Waals surface area (Å²) < 4.78 is 15.4. The first-order valence-corrected chi connectivity index (χ1v) is 14.2. The number of carbonyl (C=O) groups is 1. The van der Waals surface area contributed by atoms with Gasteiger partial charge in [-0.15, -0.1) is 0 Å². The average Bonchev–Trinajstić information content (AvgIpc) is 3.18. The molecule has 39 heavy (non-hydrogen) atoms. The average molecular weight is 561 g/mol. The maximum Gasteiger partial charge on any atom is 0.272 e. The molecule has 2 aliphatic rings. The number of nitrogens with zero attached hydrogens (tertiary/aromatic N) is 2. The second-order valence-electron chi connectivity index (χ2n) is 10.2. The number of nitrogens with one attached hydrogen (secondary N) is 1. The van der Waals surface area contributed by atoms with Crippen LogP contribution in [0.2, 0.25) is 10.0 Å². The van der Waals surface area contributed by atoms with Crippen LogP contribution < -0.4 is 5.32 Å². The summed E-state index contributed by atoms with van der Waals surface area (Å²) in [6, 6.07) is 20.0. The lowest BCUT2D eigenvalue weighted by molar-refractivity contribution is 0.0926. The molecule has 0 fully saturated rings. The number of rotatable bonds is 4. The third-order valence-corrected chi connectivity index (χ3v) is 8.19. The Morgan fingerprint density at radius 1 is 0.974 bits per heavy atom. The fourth-order valence-corrected chi connectivity index (χ4v) is 6.28. The number of carbonyl (C=O) groups excluding carboxylic acids is 1. The highest BCUT2D eigenvalue weighted by Crippen LogP contribution is 2.37. The molecule has 1 amide bonds.